The molecule has 0 aromatic carbocycles. The number of aromatic carboxylic acids is 1. The summed E-state index contributed by atoms with van der Waals surface area (Å²) < 4.78 is 10.2. The van der Waals surface area contributed by atoms with Gasteiger partial charge in [-0.25, -0.2) is 14.8 Å². The molecule has 7 heteroatoms. The summed E-state index contributed by atoms with van der Waals surface area (Å²) in [5.74, 6) is -0.784. The second-order valence-electron chi connectivity index (χ2n) is 3.80. The van der Waals surface area contributed by atoms with Crippen molar-refractivity contribution in [2.45, 2.75) is 12.8 Å². The number of hydrogen-bond acceptors (Lipinski definition) is 6. The number of ether oxygens (including phenoxy) is 2. The minimum absolute atomic E-state index is 0.0566. The molecule has 0 atom stereocenters. The van der Waals surface area contributed by atoms with Gasteiger partial charge in [0, 0.05) is 32.7 Å². The van der Waals surface area contributed by atoms with Gasteiger partial charge in [0.25, 0.3) is 0 Å². The molecule has 0 saturated heterocycles. The molecule has 1 aromatic rings. The Labute approximate surface area is 112 Å². The van der Waals surface area contributed by atoms with Crippen LogP contribution in [-0.4, -0.2) is 54.5 Å². The predicted octanol–water partition coefficient (Wildman–Crippen LogP) is 1.03. The van der Waals surface area contributed by atoms with Crippen LogP contribution in [0.15, 0.2) is 12.4 Å². The lowest BCUT2D eigenvalue weighted by Crippen LogP contribution is -2.12. The van der Waals surface area contributed by atoms with E-state index >= 15 is 0 Å². The highest BCUT2D eigenvalue weighted by Crippen LogP contribution is 2.08. The lowest BCUT2D eigenvalue weighted by Gasteiger charge is -2.07. The summed E-state index contributed by atoms with van der Waals surface area (Å²) in [6, 6.07) is 0. The number of hydrogen-bond donors (Lipinski definition) is 2. The van der Waals surface area contributed by atoms with Gasteiger partial charge >= 0.3 is 5.97 Å². The number of methoxy groups -OCH3 is 1. The van der Waals surface area contributed by atoms with Crippen molar-refractivity contribution >= 4 is 11.8 Å². The van der Waals surface area contributed by atoms with Crippen LogP contribution in [0.1, 0.15) is 23.3 Å². The van der Waals surface area contributed by atoms with Crippen molar-refractivity contribution in [3.63, 3.8) is 0 Å². The van der Waals surface area contributed by atoms with E-state index in [1.165, 1.54) is 12.4 Å². The van der Waals surface area contributed by atoms with Gasteiger partial charge in [-0.3, -0.25) is 0 Å². The van der Waals surface area contributed by atoms with Crippen molar-refractivity contribution < 1.29 is 19.4 Å². The Balaban J connectivity index is 2.17. The number of unbranched alkanes of at least 4 members (excludes halogenated alkanes) is 1. The fourth-order valence-corrected chi connectivity index (χ4v) is 1.40. The Morgan fingerprint density at radius 1 is 1.26 bits per heavy atom. The van der Waals surface area contributed by atoms with E-state index in [0.717, 1.165) is 12.8 Å². The molecule has 0 aliphatic carbocycles. The molecule has 0 fully saturated rings. The number of anilines is 1. The Kier molecular flexibility index (Phi) is 7.45. The maximum Gasteiger partial charge on any atom is 0.358 e. The molecule has 0 saturated carbocycles. The van der Waals surface area contributed by atoms with Gasteiger partial charge in [0.15, 0.2) is 11.5 Å². The maximum absolute atomic E-state index is 10.9. The molecule has 0 unspecified atom stereocenters. The Morgan fingerprint density at radius 2 is 2.05 bits per heavy atom. The van der Waals surface area contributed by atoms with Crippen molar-refractivity contribution in [1.29, 1.82) is 0 Å². The smallest absolute Gasteiger partial charge is 0.358 e. The van der Waals surface area contributed by atoms with Gasteiger partial charge in [0.1, 0.15) is 0 Å². The van der Waals surface area contributed by atoms with Gasteiger partial charge in [-0.05, 0) is 12.8 Å². The van der Waals surface area contributed by atoms with Gasteiger partial charge in [-0.1, -0.05) is 0 Å². The fourth-order valence-electron chi connectivity index (χ4n) is 1.40. The number of rotatable bonds is 10. The van der Waals surface area contributed by atoms with Crippen LogP contribution in [-0.2, 0) is 9.47 Å². The number of carboxylic acids is 1. The third-order valence-corrected chi connectivity index (χ3v) is 2.34. The van der Waals surface area contributed by atoms with Crippen molar-refractivity contribution in [1.82, 2.24) is 9.97 Å². The molecule has 0 aliphatic heterocycles. The summed E-state index contributed by atoms with van der Waals surface area (Å²) in [7, 11) is 1.63. The van der Waals surface area contributed by atoms with Crippen molar-refractivity contribution in [2.75, 3.05) is 38.8 Å². The van der Waals surface area contributed by atoms with Crippen LogP contribution in [0, 0.1) is 0 Å². The largest absolute Gasteiger partial charge is 0.476 e. The molecule has 19 heavy (non-hydrogen) atoms. The monoisotopic (exact) mass is 269 g/mol. The molecule has 0 aliphatic rings. The molecule has 7 nitrogen and oxygen atoms in total. The summed E-state index contributed by atoms with van der Waals surface area (Å²) in [5, 5.41) is 11.9. The van der Waals surface area contributed by atoms with Crippen LogP contribution >= 0.6 is 0 Å². The van der Waals surface area contributed by atoms with Crippen LogP contribution in [0.25, 0.3) is 0 Å². The molecule has 1 rings (SSSR count). The molecule has 0 bridgehead atoms. The Bertz CT molecular complexity index is 387. The summed E-state index contributed by atoms with van der Waals surface area (Å²) in [4.78, 5) is 18.6. The lowest BCUT2D eigenvalue weighted by atomic mass is 10.3. The molecule has 0 spiro atoms. The van der Waals surface area contributed by atoms with Gasteiger partial charge in [0.05, 0.1) is 13.2 Å². The highest BCUT2D eigenvalue weighted by molar-refractivity contribution is 5.90. The molecule has 2 N–H and O–H groups in total. The van der Waals surface area contributed by atoms with Gasteiger partial charge < -0.3 is 19.9 Å². The maximum atomic E-state index is 10.9. The molecule has 1 heterocycles. The molecule has 0 amide bonds. The number of nitrogens with zero attached hydrogens (tertiary/aromatic N) is 2. The zero-order valence-corrected chi connectivity index (χ0v) is 11.0. The predicted molar refractivity (Wildman–Crippen MR) is 69.4 cm³/mol. The zero-order valence-electron chi connectivity index (χ0n) is 11.0. The van der Waals surface area contributed by atoms with Crippen LogP contribution < -0.4 is 5.32 Å². The lowest BCUT2D eigenvalue weighted by molar-refractivity contribution is 0.0688. The van der Waals surface area contributed by atoms with Crippen molar-refractivity contribution in [3.05, 3.63) is 18.1 Å². The second kappa shape index (κ2) is 9.23. The van der Waals surface area contributed by atoms with Crippen LogP contribution in [0.5, 0.6) is 0 Å². The number of aromatic nitrogens is 2. The summed E-state index contributed by atoms with van der Waals surface area (Å²) in [6.45, 7) is 2.49. The Morgan fingerprint density at radius 3 is 2.79 bits per heavy atom. The van der Waals surface area contributed by atoms with E-state index in [2.05, 4.69) is 15.3 Å². The standard InChI is InChI=1S/C12H19N3O4/c1-18-8-9-19-7-3-2-4-14-11-10(12(16)17)13-5-6-15-11/h5-6H,2-4,7-9H2,1H3,(H,14,15)(H,16,17). The van der Waals surface area contributed by atoms with Gasteiger partial charge in [-0.15, -0.1) is 0 Å². The first-order valence-corrected chi connectivity index (χ1v) is 6.10. The third kappa shape index (κ3) is 6.12. The molecule has 0 radical (unpaired) electrons. The summed E-state index contributed by atoms with van der Waals surface area (Å²) in [5.41, 5.74) is -0.0566. The minimum Gasteiger partial charge on any atom is -0.476 e. The van der Waals surface area contributed by atoms with E-state index in [-0.39, 0.29) is 5.69 Å². The molecule has 106 valence electrons. The van der Waals surface area contributed by atoms with E-state index in [9.17, 15) is 4.79 Å². The van der Waals surface area contributed by atoms with Gasteiger partial charge in [0.2, 0.25) is 0 Å². The SMILES string of the molecule is COCCOCCCCNc1nccnc1C(=O)O. The zero-order chi connectivity index (χ0) is 13.9. The molecular formula is C12H19N3O4. The van der Waals surface area contributed by atoms with Crippen LogP contribution in [0.2, 0.25) is 0 Å². The third-order valence-electron chi connectivity index (χ3n) is 2.34. The highest BCUT2D eigenvalue weighted by atomic mass is 16.5. The van der Waals surface area contributed by atoms with Gasteiger partial charge in [-0.2, -0.15) is 0 Å². The van der Waals surface area contributed by atoms with E-state index in [1.54, 1.807) is 7.11 Å². The average Bonchev–Trinajstić information content (AvgIpc) is 2.42. The first kappa shape index (κ1) is 15.3. The number of carboxylic acid groups (broad SMARTS) is 1. The van der Waals surface area contributed by atoms with Crippen LogP contribution in [0.4, 0.5) is 5.82 Å². The number of nitrogens with one attached hydrogen (secondary N) is 1. The first-order valence-electron chi connectivity index (χ1n) is 6.10. The topological polar surface area (TPSA) is 93.6 Å². The summed E-state index contributed by atoms with van der Waals surface area (Å²) in [6.07, 6.45) is 4.57. The Hall–Kier alpha value is -1.73. The number of carbonyl (C=O) groups is 1. The van der Waals surface area contributed by atoms with Crippen molar-refractivity contribution in [2.24, 2.45) is 0 Å². The average molecular weight is 269 g/mol. The van der Waals surface area contributed by atoms with Crippen LogP contribution in [0.3, 0.4) is 0 Å². The van der Waals surface area contributed by atoms with E-state index in [4.69, 9.17) is 14.6 Å². The van der Waals surface area contributed by atoms with E-state index in [0.29, 0.717) is 32.2 Å². The molecule has 1 aromatic heterocycles. The van der Waals surface area contributed by atoms with E-state index < -0.39 is 5.97 Å². The summed E-state index contributed by atoms with van der Waals surface area (Å²) >= 11 is 0. The fraction of sp³-hybridized carbons (Fsp3) is 0.583. The highest BCUT2D eigenvalue weighted by Gasteiger charge is 2.11. The normalized spacial score (nSPS) is 10.4. The second-order valence-corrected chi connectivity index (χ2v) is 3.80. The quantitative estimate of drug-likeness (QED) is 0.613. The minimum atomic E-state index is -1.08. The van der Waals surface area contributed by atoms with E-state index in [1.807, 2.05) is 0 Å². The van der Waals surface area contributed by atoms with Crippen molar-refractivity contribution in [3.8, 4) is 0 Å². The molecular weight excluding hydrogens is 250 g/mol. The first-order chi connectivity index (χ1) is 9.25.